The van der Waals surface area contributed by atoms with Gasteiger partial charge in [-0.3, -0.25) is 9.98 Å². The number of benzene rings is 4. The SMILES string of the molecule is CC(=Nc1ccc(Oc2ccccc2)cc1)C1=CCC(C(C)=Nc2ccc(Oc3ccccc3)cc2)=N1.[Cl][Fe][Cl]. The van der Waals surface area contributed by atoms with Crippen molar-refractivity contribution in [3.05, 3.63) is 121 Å². The van der Waals surface area contributed by atoms with E-state index in [1.165, 1.54) is 0 Å². The zero-order valence-electron chi connectivity index (χ0n) is 21.9. The number of hydrogen-bond acceptors (Lipinski definition) is 5. The molecule has 0 unspecified atom stereocenters. The van der Waals surface area contributed by atoms with Crippen LogP contribution in [0.15, 0.2) is 136 Å². The molecule has 0 atom stereocenters. The second-order valence-electron chi connectivity index (χ2n) is 8.61. The molecule has 0 bridgehead atoms. The fourth-order valence-corrected chi connectivity index (χ4v) is 3.82. The molecule has 204 valence electrons. The quantitative estimate of drug-likeness (QED) is 0.147. The number of halogens is 2. The standard InChI is InChI=1S/C32H27N3O2.2ClH.Fe/c1-23(33-25-13-17-29(18-14-25)36-27-9-5-3-6-10-27)31-21-22-32(35-31)24(2)34-26-15-19-30(20-16-26)37-28-11-7-4-8-12-28;;;/h3-21H,22H2,1-2H3;2*1H;/q;;;+2/p-2. The average molecular weight is 612 g/mol. The van der Waals surface area contributed by atoms with Crippen LogP contribution in [-0.4, -0.2) is 17.1 Å². The average Bonchev–Trinajstić information content (AvgIpc) is 3.48. The molecule has 40 heavy (non-hydrogen) atoms. The third-order valence-electron chi connectivity index (χ3n) is 5.76. The van der Waals surface area contributed by atoms with E-state index in [9.17, 15) is 0 Å². The molecule has 0 radical (unpaired) electrons. The van der Waals surface area contributed by atoms with Crippen LogP contribution in [0.5, 0.6) is 23.0 Å². The van der Waals surface area contributed by atoms with Gasteiger partial charge in [0.15, 0.2) is 0 Å². The van der Waals surface area contributed by atoms with Crippen molar-refractivity contribution in [1.29, 1.82) is 0 Å². The molecule has 0 aliphatic carbocycles. The number of ether oxygens (including phenoxy) is 2. The summed E-state index contributed by atoms with van der Waals surface area (Å²) in [7, 11) is 9.53. The fourth-order valence-electron chi connectivity index (χ4n) is 3.82. The van der Waals surface area contributed by atoms with Crippen molar-refractivity contribution in [3.8, 4) is 23.0 Å². The van der Waals surface area contributed by atoms with Crippen LogP contribution >= 0.6 is 20.2 Å². The summed E-state index contributed by atoms with van der Waals surface area (Å²) in [5, 5.41) is 0. The summed E-state index contributed by atoms with van der Waals surface area (Å²) in [6, 6.07) is 34.9. The summed E-state index contributed by atoms with van der Waals surface area (Å²) >= 11 is 0.194. The van der Waals surface area contributed by atoms with Crippen LogP contribution in [0.1, 0.15) is 20.3 Å². The van der Waals surface area contributed by atoms with E-state index >= 15 is 0 Å². The Balaban J connectivity index is 0.00000118. The Morgan fingerprint density at radius 2 is 1.02 bits per heavy atom. The summed E-state index contributed by atoms with van der Waals surface area (Å²) in [5.41, 5.74) is 5.28. The first-order chi connectivity index (χ1) is 19.5. The van der Waals surface area contributed by atoms with Crippen molar-refractivity contribution in [3.63, 3.8) is 0 Å². The fraction of sp³-hybridized carbons (Fsp3) is 0.0938. The summed E-state index contributed by atoms with van der Waals surface area (Å²) in [5.74, 6) is 3.16. The van der Waals surface area contributed by atoms with Crippen molar-refractivity contribution >= 4 is 48.7 Å². The molecule has 0 spiro atoms. The molecular formula is C32H27Cl2FeN3O2. The van der Waals surface area contributed by atoms with Crippen LogP contribution in [-0.2, 0) is 13.1 Å². The Labute approximate surface area is 249 Å². The number of allylic oxidation sites excluding steroid dienone is 2. The maximum atomic E-state index is 5.86. The van der Waals surface area contributed by atoms with Gasteiger partial charge in [0, 0.05) is 6.42 Å². The van der Waals surface area contributed by atoms with E-state index in [4.69, 9.17) is 44.6 Å². The number of para-hydroxylation sites is 2. The molecule has 4 aromatic carbocycles. The van der Waals surface area contributed by atoms with Gasteiger partial charge >= 0.3 is 33.3 Å². The number of hydrogen-bond donors (Lipinski definition) is 0. The summed E-state index contributed by atoms with van der Waals surface area (Å²) in [6.45, 7) is 3.96. The normalized spacial score (nSPS) is 13.2. The van der Waals surface area contributed by atoms with Gasteiger partial charge in [0.25, 0.3) is 0 Å². The van der Waals surface area contributed by atoms with Gasteiger partial charge in [0.1, 0.15) is 23.0 Å². The zero-order chi connectivity index (χ0) is 28.2. The number of aliphatic imine (C=N–C) groups is 3. The Kier molecular flexibility index (Phi) is 11.1. The molecule has 1 aliphatic rings. The van der Waals surface area contributed by atoms with Crippen molar-refractivity contribution in [1.82, 2.24) is 0 Å². The van der Waals surface area contributed by atoms with Crippen LogP contribution in [0.2, 0.25) is 0 Å². The second kappa shape index (κ2) is 15.2. The first-order valence-electron chi connectivity index (χ1n) is 12.4. The van der Waals surface area contributed by atoms with Gasteiger partial charge in [-0.05, 0) is 86.6 Å². The molecule has 0 fully saturated rings. The number of rotatable bonds is 8. The van der Waals surface area contributed by atoms with E-state index in [2.05, 4.69) is 6.08 Å². The first-order valence-corrected chi connectivity index (χ1v) is 15.5. The zero-order valence-corrected chi connectivity index (χ0v) is 24.6. The van der Waals surface area contributed by atoms with Crippen molar-refractivity contribution < 1.29 is 22.6 Å². The predicted molar refractivity (Wildman–Crippen MR) is 163 cm³/mol. The molecule has 0 saturated carbocycles. The van der Waals surface area contributed by atoms with Crippen molar-refractivity contribution in [2.45, 2.75) is 20.3 Å². The van der Waals surface area contributed by atoms with Crippen LogP contribution in [0, 0.1) is 0 Å². The third kappa shape index (κ3) is 8.94. The van der Waals surface area contributed by atoms with Gasteiger partial charge in [-0.25, -0.2) is 4.99 Å². The molecule has 1 heterocycles. The van der Waals surface area contributed by atoms with Gasteiger partial charge < -0.3 is 9.47 Å². The summed E-state index contributed by atoms with van der Waals surface area (Å²) < 4.78 is 11.7. The Morgan fingerprint density at radius 1 is 0.625 bits per heavy atom. The van der Waals surface area contributed by atoms with E-state index in [1.807, 2.05) is 123 Å². The second-order valence-corrected chi connectivity index (χ2v) is 10.4. The molecule has 0 amide bonds. The van der Waals surface area contributed by atoms with Crippen molar-refractivity contribution in [2.24, 2.45) is 15.0 Å². The minimum absolute atomic E-state index is 0.194. The van der Waals surface area contributed by atoms with E-state index in [0.29, 0.717) is 0 Å². The molecule has 0 N–H and O–H groups in total. The number of nitrogens with zero attached hydrogens (tertiary/aromatic N) is 3. The molecule has 0 aromatic heterocycles. The van der Waals surface area contributed by atoms with Crippen LogP contribution < -0.4 is 9.47 Å². The Bertz CT molecular complexity index is 1500. The van der Waals surface area contributed by atoms with Gasteiger partial charge in [-0.1, -0.05) is 42.5 Å². The van der Waals surface area contributed by atoms with Crippen LogP contribution in [0.25, 0.3) is 0 Å². The Morgan fingerprint density at radius 3 is 1.48 bits per heavy atom. The van der Waals surface area contributed by atoms with Gasteiger partial charge in [0.05, 0.1) is 34.2 Å². The molecule has 1 aliphatic heterocycles. The molecule has 5 rings (SSSR count). The summed E-state index contributed by atoms with van der Waals surface area (Å²) in [4.78, 5) is 14.3. The van der Waals surface area contributed by atoms with E-state index in [0.717, 1.165) is 63.6 Å². The van der Waals surface area contributed by atoms with Gasteiger partial charge in [0.2, 0.25) is 0 Å². The van der Waals surface area contributed by atoms with Crippen molar-refractivity contribution in [2.75, 3.05) is 0 Å². The topological polar surface area (TPSA) is 55.5 Å². The minimum atomic E-state index is 0.194. The molecule has 5 nitrogen and oxygen atoms in total. The van der Waals surface area contributed by atoms with Gasteiger partial charge in [-0.2, -0.15) is 0 Å². The molecule has 4 aromatic rings. The molecule has 8 heteroatoms. The first kappa shape index (κ1) is 29.3. The Hall–Kier alpha value is -3.67. The molecular weight excluding hydrogens is 585 g/mol. The maximum absolute atomic E-state index is 5.86. The third-order valence-corrected chi connectivity index (χ3v) is 5.76. The van der Waals surface area contributed by atoms with E-state index in [-0.39, 0.29) is 13.1 Å². The van der Waals surface area contributed by atoms with Gasteiger partial charge in [-0.15, -0.1) is 0 Å². The van der Waals surface area contributed by atoms with E-state index < -0.39 is 0 Å². The summed E-state index contributed by atoms with van der Waals surface area (Å²) in [6.07, 6.45) is 2.83. The van der Waals surface area contributed by atoms with E-state index in [1.54, 1.807) is 0 Å². The molecule has 0 saturated heterocycles. The van der Waals surface area contributed by atoms with Crippen LogP contribution in [0.4, 0.5) is 11.4 Å². The van der Waals surface area contributed by atoms with Crippen LogP contribution in [0.3, 0.4) is 0 Å². The predicted octanol–water partition coefficient (Wildman–Crippen LogP) is 10.3. The monoisotopic (exact) mass is 611 g/mol.